The second kappa shape index (κ2) is 8.40. The van der Waals surface area contributed by atoms with Gasteiger partial charge in [-0.05, 0) is 35.7 Å². The van der Waals surface area contributed by atoms with Gasteiger partial charge in [0, 0.05) is 23.5 Å². The third-order valence-corrected chi connectivity index (χ3v) is 4.42. The zero-order valence-corrected chi connectivity index (χ0v) is 15.0. The predicted molar refractivity (Wildman–Crippen MR) is 100 cm³/mol. The number of rotatable bonds is 8. The first kappa shape index (κ1) is 18.5. The van der Waals surface area contributed by atoms with Gasteiger partial charge in [-0.15, -0.1) is 0 Å². The number of ether oxygens (including phenoxy) is 1. The third-order valence-electron chi connectivity index (χ3n) is 4.42. The van der Waals surface area contributed by atoms with Gasteiger partial charge in [-0.2, -0.15) is 0 Å². The van der Waals surface area contributed by atoms with Crippen LogP contribution in [-0.4, -0.2) is 29.5 Å². The zero-order valence-electron chi connectivity index (χ0n) is 15.0. The number of benzene rings is 2. The van der Waals surface area contributed by atoms with Gasteiger partial charge in [-0.3, -0.25) is 4.79 Å². The highest BCUT2D eigenvalue weighted by molar-refractivity contribution is 5.86. The molecule has 0 bridgehead atoms. The fourth-order valence-corrected chi connectivity index (χ4v) is 2.92. The fraction of sp³-hybridized carbons (Fsp3) is 0.238. The molecule has 2 aromatic carbocycles. The van der Waals surface area contributed by atoms with Crippen molar-refractivity contribution in [2.75, 3.05) is 6.61 Å². The zero-order chi connectivity index (χ0) is 19.2. The number of carboxylic acid groups (broad SMARTS) is 1. The Balaban J connectivity index is 1.60. The van der Waals surface area contributed by atoms with Crippen LogP contribution in [0.2, 0.25) is 0 Å². The van der Waals surface area contributed by atoms with Gasteiger partial charge in [-0.25, -0.2) is 0 Å². The summed E-state index contributed by atoms with van der Waals surface area (Å²) in [6, 6.07) is 13.9. The van der Waals surface area contributed by atoms with E-state index in [9.17, 15) is 14.7 Å². The molecule has 1 aromatic heterocycles. The Morgan fingerprint density at radius 2 is 1.89 bits per heavy atom. The standard InChI is InChI=1S/C21H22N2O4/c1-2-14-7-9-16(10-8-14)27-13-20(24)23-19(21(25)26)11-15-12-22-18-6-4-3-5-17(15)18/h3-10,12,19,22H,2,11,13H2,1H3,(H,23,24)(H,25,26)/p-1/t19-/m0/s1. The molecule has 0 fully saturated rings. The van der Waals surface area contributed by atoms with Gasteiger partial charge in [0.05, 0.1) is 12.0 Å². The van der Waals surface area contributed by atoms with Gasteiger partial charge in [-0.1, -0.05) is 37.3 Å². The summed E-state index contributed by atoms with van der Waals surface area (Å²) >= 11 is 0. The summed E-state index contributed by atoms with van der Waals surface area (Å²) in [5, 5.41) is 14.9. The number of carboxylic acids is 1. The fourth-order valence-electron chi connectivity index (χ4n) is 2.92. The van der Waals surface area contributed by atoms with Gasteiger partial charge in [0.25, 0.3) is 5.91 Å². The number of amides is 1. The van der Waals surface area contributed by atoms with E-state index in [2.05, 4.69) is 17.2 Å². The van der Waals surface area contributed by atoms with Crippen LogP contribution in [0.1, 0.15) is 18.1 Å². The lowest BCUT2D eigenvalue weighted by molar-refractivity contribution is -0.308. The molecule has 1 heterocycles. The SMILES string of the molecule is CCc1ccc(OCC(=O)N[C@@H](Cc2c[nH]c3ccccc23)C(=O)[O-])cc1. The summed E-state index contributed by atoms with van der Waals surface area (Å²) in [6.45, 7) is 1.79. The molecular weight excluding hydrogens is 344 g/mol. The van der Waals surface area contributed by atoms with Crippen molar-refractivity contribution in [1.82, 2.24) is 10.3 Å². The normalized spacial score (nSPS) is 11.9. The first-order chi connectivity index (χ1) is 13.1. The Hall–Kier alpha value is -3.28. The lowest BCUT2D eigenvalue weighted by atomic mass is 10.1. The van der Waals surface area contributed by atoms with Crippen LogP contribution in [0, 0.1) is 0 Å². The van der Waals surface area contributed by atoms with Gasteiger partial charge in [0.15, 0.2) is 6.61 Å². The highest BCUT2D eigenvalue weighted by atomic mass is 16.5. The van der Waals surface area contributed by atoms with E-state index in [1.165, 1.54) is 5.56 Å². The molecule has 140 valence electrons. The Labute approximate surface area is 157 Å². The number of hydrogen-bond donors (Lipinski definition) is 2. The minimum absolute atomic E-state index is 0.128. The molecule has 0 saturated heterocycles. The van der Waals surface area contributed by atoms with Crippen molar-refractivity contribution < 1.29 is 19.4 Å². The summed E-state index contributed by atoms with van der Waals surface area (Å²) in [7, 11) is 0. The number of aliphatic carboxylic acids is 1. The van der Waals surface area contributed by atoms with E-state index in [1.54, 1.807) is 18.3 Å². The number of carbonyl (C=O) groups excluding carboxylic acids is 2. The van der Waals surface area contributed by atoms with E-state index in [4.69, 9.17) is 4.74 Å². The highest BCUT2D eigenvalue weighted by Crippen LogP contribution is 2.19. The molecular formula is C21H21N2O4-. The topological polar surface area (TPSA) is 94.2 Å². The first-order valence-corrected chi connectivity index (χ1v) is 8.83. The molecule has 0 radical (unpaired) electrons. The minimum Gasteiger partial charge on any atom is -0.548 e. The van der Waals surface area contributed by atoms with Gasteiger partial charge in [0.1, 0.15) is 5.75 Å². The molecule has 0 unspecified atom stereocenters. The summed E-state index contributed by atoms with van der Waals surface area (Å²) in [5.74, 6) is -1.28. The molecule has 0 aliphatic heterocycles. The van der Waals surface area contributed by atoms with Gasteiger partial charge < -0.3 is 24.9 Å². The van der Waals surface area contributed by atoms with Crippen molar-refractivity contribution >= 4 is 22.8 Å². The molecule has 1 atom stereocenters. The molecule has 2 N–H and O–H groups in total. The van der Waals surface area contributed by atoms with Crippen LogP contribution >= 0.6 is 0 Å². The maximum Gasteiger partial charge on any atom is 0.258 e. The van der Waals surface area contributed by atoms with Crippen LogP contribution in [0.3, 0.4) is 0 Å². The molecule has 0 aliphatic rings. The lowest BCUT2D eigenvalue weighted by Crippen LogP contribution is -2.50. The summed E-state index contributed by atoms with van der Waals surface area (Å²) in [5.41, 5.74) is 2.88. The molecule has 0 aliphatic carbocycles. The molecule has 6 heteroatoms. The quantitative estimate of drug-likeness (QED) is 0.634. The molecule has 1 amide bonds. The lowest BCUT2D eigenvalue weighted by Gasteiger charge is -2.19. The van der Waals surface area contributed by atoms with Crippen molar-refractivity contribution in [3.63, 3.8) is 0 Å². The second-order valence-corrected chi connectivity index (χ2v) is 6.29. The van der Waals surface area contributed by atoms with Crippen LogP contribution < -0.4 is 15.2 Å². The van der Waals surface area contributed by atoms with Gasteiger partial charge >= 0.3 is 0 Å². The number of aromatic nitrogens is 1. The van der Waals surface area contributed by atoms with Crippen molar-refractivity contribution in [2.24, 2.45) is 0 Å². The third kappa shape index (κ3) is 4.67. The molecule has 3 aromatic rings. The Morgan fingerprint density at radius 3 is 2.59 bits per heavy atom. The Morgan fingerprint density at radius 1 is 1.15 bits per heavy atom. The first-order valence-electron chi connectivity index (χ1n) is 8.83. The average Bonchev–Trinajstić information content (AvgIpc) is 3.09. The summed E-state index contributed by atoms with van der Waals surface area (Å²) in [4.78, 5) is 26.7. The highest BCUT2D eigenvalue weighted by Gasteiger charge is 2.16. The minimum atomic E-state index is -1.33. The van der Waals surface area contributed by atoms with Crippen LogP contribution in [0.5, 0.6) is 5.75 Å². The number of H-pyrrole nitrogens is 1. The molecule has 3 rings (SSSR count). The molecule has 0 spiro atoms. The number of carbonyl (C=O) groups is 2. The van der Waals surface area contributed by atoms with Crippen molar-refractivity contribution in [1.29, 1.82) is 0 Å². The summed E-state index contributed by atoms with van der Waals surface area (Å²) in [6.07, 6.45) is 2.80. The van der Waals surface area contributed by atoms with E-state index in [1.807, 2.05) is 36.4 Å². The number of fused-ring (bicyclic) bond motifs is 1. The van der Waals surface area contributed by atoms with Crippen molar-refractivity contribution in [3.05, 3.63) is 65.9 Å². The number of para-hydroxylation sites is 1. The van der Waals surface area contributed by atoms with Crippen molar-refractivity contribution in [2.45, 2.75) is 25.8 Å². The number of aryl methyl sites for hydroxylation is 1. The molecule has 27 heavy (non-hydrogen) atoms. The number of nitrogens with one attached hydrogen (secondary N) is 2. The van der Waals surface area contributed by atoms with Crippen LogP contribution in [0.25, 0.3) is 10.9 Å². The van der Waals surface area contributed by atoms with E-state index < -0.39 is 17.9 Å². The second-order valence-electron chi connectivity index (χ2n) is 6.29. The Bertz CT molecular complexity index is 931. The molecule has 0 saturated carbocycles. The average molecular weight is 365 g/mol. The van der Waals surface area contributed by atoms with E-state index >= 15 is 0 Å². The van der Waals surface area contributed by atoms with Gasteiger partial charge in [0.2, 0.25) is 0 Å². The number of aromatic amines is 1. The predicted octanol–water partition coefficient (Wildman–Crippen LogP) is 1.59. The smallest absolute Gasteiger partial charge is 0.258 e. The summed E-state index contributed by atoms with van der Waals surface area (Å²) < 4.78 is 5.42. The maximum absolute atomic E-state index is 12.1. The maximum atomic E-state index is 12.1. The van der Waals surface area contributed by atoms with Crippen LogP contribution in [-0.2, 0) is 22.4 Å². The van der Waals surface area contributed by atoms with Crippen LogP contribution in [0.15, 0.2) is 54.7 Å². The van der Waals surface area contributed by atoms with Crippen molar-refractivity contribution in [3.8, 4) is 5.75 Å². The van der Waals surface area contributed by atoms with Crippen LogP contribution in [0.4, 0.5) is 0 Å². The monoisotopic (exact) mass is 365 g/mol. The molecule has 6 nitrogen and oxygen atoms in total. The van der Waals surface area contributed by atoms with E-state index in [0.717, 1.165) is 22.9 Å². The largest absolute Gasteiger partial charge is 0.548 e. The Kier molecular flexibility index (Phi) is 5.76. The van der Waals surface area contributed by atoms with E-state index in [0.29, 0.717) is 5.75 Å². The number of hydrogen-bond acceptors (Lipinski definition) is 4. The van der Waals surface area contributed by atoms with E-state index in [-0.39, 0.29) is 13.0 Å².